The van der Waals surface area contributed by atoms with Gasteiger partial charge in [0, 0.05) is 0 Å². The van der Waals surface area contributed by atoms with Crippen LogP contribution in [0.4, 0.5) is 0 Å². The smallest absolute Gasteiger partial charge is 0.115 e. The van der Waals surface area contributed by atoms with E-state index in [0.717, 1.165) is 5.56 Å². The van der Waals surface area contributed by atoms with Gasteiger partial charge in [-0.15, -0.1) is 0 Å². The molecular formula is C15H16N2O. The van der Waals surface area contributed by atoms with Crippen LogP contribution in [0.2, 0.25) is 0 Å². The first kappa shape index (κ1) is 12.2. The van der Waals surface area contributed by atoms with Crippen molar-refractivity contribution in [2.24, 2.45) is 5.10 Å². The minimum absolute atomic E-state index is 0.264. The number of nitrogens with zero attached hydrogens (tertiary/aromatic N) is 1. The summed E-state index contributed by atoms with van der Waals surface area (Å²) < 4.78 is 0. The fraction of sp³-hybridized carbons (Fsp3) is 0.133. The van der Waals surface area contributed by atoms with Gasteiger partial charge in [-0.3, -0.25) is 0 Å². The van der Waals surface area contributed by atoms with Crippen molar-refractivity contribution in [1.29, 1.82) is 0 Å². The quantitative estimate of drug-likeness (QED) is 0.637. The van der Waals surface area contributed by atoms with E-state index in [2.05, 4.69) is 29.6 Å². The number of nitrogens with one attached hydrogen (secondary N) is 1. The first-order chi connectivity index (χ1) is 8.75. The van der Waals surface area contributed by atoms with Gasteiger partial charge in [-0.25, -0.2) is 0 Å². The third kappa shape index (κ3) is 3.35. The Kier molecular flexibility index (Phi) is 3.97. The largest absolute Gasteiger partial charge is 0.508 e. The predicted molar refractivity (Wildman–Crippen MR) is 73.7 cm³/mol. The SMILES string of the molecule is Cc1ccccc1CN/N=C/c1ccc(O)cc1. The Morgan fingerprint density at radius 1 is 1.11 bits per heavy atom. The van der Waals surface area contributed by atoms with Gasteiger partial charge in [-0.05, 0) is 47.9 Å². The minimum atomic E-state index is 0.264. The third-order valence-corrected chi connectivity index (χ3v) is 2.73. The van der Waals surface area contributed by atoms with Gasteiger partial charge in [-0.2, -0.15) is 5.10 Å². The highest BCUT2D eigenvalue weighted by Crippen LogP contribution is 2.08. The van der Waals surface area contributed by atoms with Crippen molar-refractivity contribution in [1.82, 2.24) is 5.43 Å². The molecule has 0 aliphatic rings. The first-order valence-corrected chi connectivity index (χ1v) is 5.85. The van der Waals surface area contributed by atoms with Gasteiger partial charge in [0.1, 0.15) is 5.75 Å². The zero-order valence-corrected chi connectivity index (χ0v) is 10.3. The number of phenolic OH excluding ortho intramolecular Hbond substituents is 1. The Hall–Kier alpha value is -2.29. The summed E-state index contributed by atoms with van der Waals surface area (Å²) in [6.07, 6.45) is 1.73. The van der Waals surface area contributed by atoms with Crippen LogP contribution in [-0.4, -0.2) is 11.3 Å². The molecule has 0 radical (unpaired) electrons. The summed E-state index contributed by atoms with van der Waals surface area (Å²) in [5, 5.41) is 13.3. The molecule has 0 heterocycles. The molecule has 0 aliphatic heterocycles. The second-order valence-corrected chi connectivity index (χ2v) is 4.11. The van der Waals surface area contributed by atoms with E-state index in [1.54, 1.807) is 18.3 Å². The Balaban J connectivity index is 1.89. The van der Waals surface area contributed by atoms with Crippen LogP contribution in [-0.2, 0) is 6.54 Å². The van der Waals surface area contributed by atoms with E-state index in [0.29, 0.717) is 6.54 Å². The fourth-order valence-corrected chi connectivity index (χ4v) is 1.62. The molecule has 0 fully saturated rings. The Morgan fingerprint density at radius 3 is 2.56 bits per heavy atom. The van der Waals surface area contributed by atoms with Crippen LogP contribution < -0.4 is 5.43 Å². The lowest BCUT2D eigenvalue weighted by molar-refractivity contribution is 0.475. The predicted octanol–water partition coefficient (Wildman–Crippen LogP) is 2.82. The highest BCUT2D eigenvalue weighted by molar-refractivity contribution is 5.79. The maximum Gasteiger partial charge on any atom is 0.115 e. The summed E-state index contributed by atoms with van der Waals surface area (Å²) >= 11 is 0. The summed E-state index contributed by atoms with van der Waals surface area (Å²) in [5.41, 5.74) is 6.45. The van der Waals surface area contributed by atoms with Crippen molar-refractivity contribution >= 4 is 6.21 Å². The second-order valence-electron chi connectivity index (χ2n) is 4.11. The molecule has 18 heavy (non-hydrogen) atoms. The summed E-state index contributed by atoms with van der Waals surface area (Å²) in [5.74, 6) is 0.264. The van der Waals surface area contributed by atoms with Crippen LogP contribution in [0.5, 0.6) is 5.75 Å². The summed E-state index contributed by atoms with van der Waals surface area (Å²) in [4.78, 5) is 0. The maximum absolute atomic E-state index is 9.15. The zero-order chi connectivity index (χ0) is 12.8. The van der Waals surface area contributed by atoms with E-state index >= 15 is 0 Å². The number of hydrogen-bond donors (Lipinski definition) is 2. The number of phenols is 1. The highest BCUT2D eigenvalue weighted by atomic mass is 16.3. The molecule has 0 unspecified atom stereocenters. The standard InChI is InChI=1S/C15H16N2O/c1-12-4-2-3-5-14(12)11-17-16-10-13-6-8-15(18)9-7-13/h2-10,17-18H,11H2,1H3/b16-10+. The van der Waals surface area contributed by atoms with E-state index in [1.165, 1.54) is 11.1 Å². The highest BCUT2D eigenvalue weighted by Gasteiger charge is 1.94. The lowest BCUT2D eigenvalue weighted by atomic mass is 10.1. The van der Waals surface area contributed by atoms with Gasteiger partial charge in [0.15, 0.2) is 0 Å². The second kappa shape index (κ2) is 5.87. The molecule has 3 heteroatoms. The lowest BCUT2D eigenvalue weighted by Crippen LogP contribution is -2.06. The first-order valence-electron chi connectivity index (χ1n) is 5.85. The molecule has 0 aliphatic carbocycles. The number of rotatable bonds is 4. The number of aromatic hydroxyl groups is 1. The molecule has 0 saturated carbocycles. The fourth-order valence-electron chi connectivity index (χ4n) is 1.62. The van der Waals surface area contributed by atoms with Gasteiger partial charge in [0.05, 0.1) is 12.8 Å². The van der Waals surface area contributed by atoms with Crippen molar-refractivity contribution in [3.05, 3.63) is 65.2 Å². The molecule has 92 valence electrons. The van der Waals surface area contributed by atoms with E-state index in [1.807, 2.05) is 24.3 Å². The van der Waals surface area contributed by atoms with Crippen LogP contribution in [0.3, 0.4) is 0 Å². The number of hydrogen-bond acceptors (Lipinski definition) is 3. The molecule has 0 atom stereocenters. The minimum Gasteiger partial charge on any atom is -0.508 e. The van der Waals surface area contributed by atoms with E-state index in [4.69, 9.17) is 5.11 Å². The zero-order valence-electron chi connectivity index (χ0n) is 10.3. The van der Waals surface area contributed by atoms with Gasteiger partial charge in [0.2, 0.25) is 0 Å². The summed E-state index contributed by atoms with van der Waals surface area (Å²) in [7, 11) is 0. The number of aryl methyl sites for hydroxylation is 1. The Labute approximate surface area is 107 Å². The van der Waals surface area contributed by atoms with Crippen LogP contribution >= 0.6 is 0 Å². The van der Waals surface area contributed by atoms with Crippen molar-refractivity contribution in [2.45, 2.75) is 13.5 Å². The van der Waals surface area contributed by atoms with Crippen molar-refractivity contribution in [3.8, 4) is 5.75 Å². The van der Waals surface area contributed by atoms with Gasteiger partial charge >= 0.3 is 0 Å². The summed E-state index contributed by atoms with van der Waals surface area (Å²) in [6.45, 7) is 2.79. The molecule has 3 nitrogen and oxygen atoms in total. The van der Waals surface area contributed by atoms with Crippen LogP contribution in [0, 0.1) is 6.92 Å². The Morgan fingerprint density at radius 2 is 1.83 bits per heavy atom. The third-order valence-electron chi connectivity index (χ3n) is 2.73. The Bertz CT molecular complexity index is 532. The lowest BCUT2D eigenvalue weighted by Gasteiger charge is -2.04. The van der Waals surface area contributed by atoms with E-state index in [9.17, 15) is 0 Å². The van der Waals surface area contributed by atoms with Crippen LogP contribution in [0.1, 0.15) is 16.7 Å². The molecule has 0 aromatic heterocycles. The van der Waals surface area contributed by atoms with Gasteiger partial charge in [-0.1, -0.05) is 24.3 Å². The van der Waals surface area contributed by atoms with E-state index in [-0.39, 0.29) is 5.75 Å². The molecule has 2 rings (SSSR count). The molecule has 0 saturated heterocycles. The average Bonchev–Trinajstić information content (AvgIpc) is 2.39. The molecule has 0 amide bonds. The number of hydrazone groups is 1. The molecule has 0 bridgehead atoms. The van der Waals surface area contributed by atoms with Gasteiger partial charge < -0.3 is 10.5 Å². The topological polar surface area (TPSA) is 44.6 Å². The monoisotopic (exact) mass is 240 g/mol. The molecule has 2 aromatic carbocycles. The van der Waals surface area contributed by atoms with Crippen LogP contribution in [0.15, 0.2) is 53.6 Å². The maximum atomic E-state index is 9.15. The normalized spacial score (nSPS) is 10.7. The summed E-state index contributed by atoms with van der Waals surface area (Å²) in [6, 6.07) is 15.1. The van der Waals surface area contributed by atoms with Crippen molar-refractivity contribution in [3.63, 3.8) is 0 Å². The number of benzene rings is 2. The molecule has 2 N–H and O–H groups in total. The molecular weight excluding hydrogens is 224 g/mol. The van der Waals surface area contributed by atoms with Gasteiger partial charge in [0.25, 0.3) is 0 Å². The van der Waals surface area contributed by atoms with Crippen molar-refractivity contribution in [2.75, 3.05) is 0 Å². The van der Waals surface area contributed by atoms with E-state index < -0.39 is 0 Å². The van der Waals surface area contributed by atoms with Crippen molar-refractivity contribution < 1.29 is 5.11 Å². The van der Waals surface area contributed by atoms with Crippen LogP contribution in [0.25, 0.3) is 0 Å². The molecule has 0 spiro atoms. The average molecular weight is 240 g/mol. The molecule has 2 aromatic rings.